The van der Waals surface area contributed by atoms with E-state index in [1.165, 1.54) is 0 Å². The zero-order valence-corrected chi connectivity index (χ0v) is 8.58. The van der Waals surface area contributed by atoms with Crippen LogP contribution in [0.5, 0.6) is 0 Å². The molecule has 5 nitrogen and oxygen atoms in total. The number of nitrogens with one attached hydrogen (secondary N) is 1. The molecule has 3 N–H and O–H groups in total. The van der Waals surface area contributed by atoms with Crippen molar-refractivity contribution in [3.8, 4) is 0 Å². The summed E-state index contributed by atoms with van der Waals surface area (Å²) < 4.78 is 5.25. The smallest absolute Gasteiger partial charge is 0.220 e. The molecular weight excluding hydrogens is 196 g/mol. The summed E-state index contributed by atoms with van der Waals surface area (Å²) in [5.74, 6) is 0.818. The first-order valence-corrected chi connectivity index (χ1v) is 4.68. The lowest BCUT2D eigenvalue weighted by Crippen LogP contribution is -2.24. The zero-order valence-electron chi connectivity index (χ0n) is 8.58. The molecule has 1 aromatic heterocycles. The van der Waals surface area contributed by atoms with Crippen LogP contribution in [0.3, 0.4) is 0 Å². The van der Waals surface area contributed by atoms with Gasteiger partial charge in [0.05, 0.1) is 6.54 Å². The van der Waals surface area contributed by atoms with Crippen molar-refractivity contribution < 1.29 is 14.0 Å². The monoisotopic (exact) mass is 210 g/mol. The van der Waals surface area contributed by atoms with E-state index >= 15 is 0 Å². The average Bonchev–Trinajstić information content (AvgIpc) is 2.58. The van der Waals surface area contributed by atoms with Gasteiger partial charge in [-0.3, -0.25) is 9.59 Å². The van der Waals surface area contributed by atoms with Crippen molar-refractivity contribution in [1.82, 2.24) is 5.32 Å². The van der Waals surface area contributed by atoms with Crippen molar-refractivity contribution in [3.63, 3.8) is 0 Å². The Labute approximate surface area is 87.6 Å². The van der Waals surface area contributed by atoms with Crippen LogP contribution in [-0.4, -0.2) is 11.8 Å². The number of rotatable bonds is 5. The second-order valence-corrected chi connectivity index (χ2v) is 3.26. The van der Waals surface area contributed by atoms with Crippen LogP contribution in [0.2, 0.25) is 0 Å². The van der Waals surface area contributed by atoms with Crippen LogP contribution in [0.4, 0.5) is 0 Å². The Morgan fingerprint density at radius 1 is 1.40 bits per heavy atom. The highest BCUT2D eigenvalue weighted by molar-refractivity contribution is 5.82. The van der Waals surface area contributed by atoms with Gasteiger partial charge in [0.2, 0.25) is 11.8 Å². The maximum atomic E-state index is 11.2. The van der Waals surface area contributed by atoms with Gasteiger partial charge in [-0.1, -0.05) is 0 Å². The molecule has 15 heavy (non-hydrogen) atoms. The summed E-state index contributed by atoms with van der Waals surface area (Å²) in [5.41, 5.74) is 4.91. The fraction of sp³-hybridized carbons (Fsp3) is 0.400. The van der Waals surface area contributed by atoms with Gasteiger partial charge < -0.3 is 15.5 Å². The fourth-order valence-corrected chi connectivity index (χ4v) is 1.09. The Hall–Kier alpha value is -1.78. The number of furan rings is 1. The lowest BCUT2D eigenvalue weighted by molar-refractivity contribution is -0.125. The minimum atomic E-state index is -0.473. The lowest BCUT2D eigenvalue weighted by atomic mass is 10.3. The number of carbonyl (C=O) groups excluding carboxylic acids is 2. The van der Waals surface area contributed by atoms with Gasteiger partial charge in [-0.25, -0.2) is 0 Å². The SMILES string of the molecule is Cc1ccc(CNC(=O)CCC(N)=O)o1. The maximum absolute atomic E-state index is 11.2. The minimum absolute atomic E-state index is 0.0724. The third-order valence-corrected chi connectivity index (χ3v) is 1.85. The Balaban J connectivity index is 2.25. The quantitative estimate of drug-likeness (QED) is 0.740. The van der Waals surface area contributed by atoms with Crippen LogP contribution in [0.25, 0.3) is 0 Å². The molecule has 2 amide bonds. The highest BCUT2D eigenvalue weighted by atomic mass is 16.3. The molecule has 0 radical (unpaired) electrons. The molecule has 0 aliphatic carbocycles. The van der Waals surface area contributed by atoms with Crippen molar-refractivity contribution in [1.29, 1.82) is 0 Å². The second kappa shape index (κ2) is 5.19. The Morgan fingerprint density at radius 2 is 2.13 bits per heavy atom. The van der Waals surface area contributed by atoms with Crippen LogP contribution in [0.15, 0.2) is 16.5 Å². The van der Waals surface area contributed by atoms with Crippen molar-refractivity contribution in [2.75, 3.05) is 0 Å². The molecule has 82 valence electrons. The van der Waals surface area contributed by atoms with Crippen molar-refractivity contribution in [3.05, 3.63) is 23.7 Å². The lowest BCUT2D eigenvalue weighted by Gasteiger charge is -2.01. The van der Waals surface area contributed by atoms with Crippen LogP contribution in [0.1, 0.15) is 24.4 Å². The van der Waals surface area contributed by atoms with Gasteiger partial charge in [-0.15, -0.1) is 0 Å². The maximum Gasteiger partial charge on any atom is 0.220 e. The standard InChI is InChI=1S/C10H14N2O3/c1-7-2-3-8(15-7)6-12-10(14)5-4-9(11)13/h2-3H,4-6H2,1H3,(H2,11,13)(H,12,14). The molecule has 0 aliphatic rings. The first kappa shape index (κ1) is 11.3. The molecule has 1 rings (SSSR count). The highest BCUT2D eigenvalue weighted by Crippen LogP contribution is 2.05. The second-order valence-electron chi connectivity index (χ2n) is 3.26. The topological polar surface area (TPSA) is 85.3 Å². The van der Waals surface area contributed by atoms with E-state index in [2.05, 4.69) is 5.32 Å². The van der Waals surface area contributed by atoms with Gasteiger partial charge in [0.25, 0.3) is 0 Å². The zero-order chi connectivity index (χ0) is 11.3. The highest BCUT2D eigenvalue weighted by Gasteiger charge is 2.05. The largest absolute Gasteiger partial charge is 0.465 e. The minimum Gasteiger partial charge on any atom is -0.465 e. The summed E-state index contributed by atoms with van der Waals surface area (Å²) in [7, 11) is 0. The molecule has 0 fully saturated rings. The molecule has 0 aromatic carbocycles. The van der Waals surface area contributed by atoms with E-state index in [1.807, 2.05) is 13.0 Å². The van der Waals surface area contributed by atoms with Crippen molar-refractivity contribution >= 4 is 11.8 Å². The number of amides is 2. The summed E-state index contributed by atoms with van der Waals surface area (Å²) in [5, 5.41) is 2.63. The van der Waals surface area contributed by atoms with Gasteiger partial charge in [-0.2, -0.15) is 0 Å². The summed E-state index contributed by atoms with van der Waals surface area (Å²) in [4.78, 5) is 21.6. The van der Waals surface area contributed by atoms with Crippen molar-refractivity contribution in [2.24, 2.45) is 5.73 Å². The van der Waals surface area contributed by atoms with Crippen LogP contribution < -0.4 is 11.1 Å². The third kappa shape index (κ3) is 4.30. The van der Waals surface area contributed by atoms with Gasteiger partial charge in [0.15, 0.2) is 0 Å². The van der Waals surface area contributed by atoms with E-state index in [4.69, 9.17) is 10.2 Å². The number of nitrogens with two attached hydrogens (primary N) is 1. The predicted octanol–water partition coefficient (Wildman–Crippen LogP) is 0.470. The average molecular weight is 210 g/mol. The molecule has 0 bridgehead atoms. The van der Waals surface area contributed by atoms with Gasteiger partial charge in [-0.05, 0) is 19.1 Å². The number of hydrogen-bond acceptors (Lipinski definition) is 3. The number of primary amides is 1. The summed E-state index contributed by atoms with van der Waals surface area (Å²) >= 11 is 0. The molecule has 0 aliphatic heterocycles. The molecular formula is C10H14N2O3. The van der Waals surface area contributed by atoms with E-state index in [0.29, 0.717) is 12.3 Å². The Morgan fingerprint density at radius 3 is 2.67 bits per heavy atom. The van der Waals surface area contributed by atoms with E-state index < -0.39 is 5.91 Å². The van der Waals surface area contributed by atoms with E-state index in [1.54, 1.807) is 6.07 Å². The van der Waals surface area contributed by atoms with E-state index in [9.17, 15) is 9.59 Å². The third-order valence-electron chi connectivity index (χ3n) is 1.85. The molecule has 0 spiro atoms. The van der Waals surface area contributed by atoms with Crippen LogP contribution in [0, 0.1) is 6.92 Å². The molecule has 5 heteroatoms. The molecule has 0 saturated heterocycles. The van der Waals surface area contributed by atoms with Gasteiger partial charge >= 0.3 is 0 Å². The molecule has 1 heterocycles. The van der Waals surface area contributed by atoms with E-state index in [0.717, 1.165) is 5.76 Å². The normalized spacial score (nSPS) is 9.93. The van der Waals surface area contributed by atoms with Crippen molar-refractivity contribution in [2.45, 2.75) is 26.3 Å². The summed E-state index contributed by atoms with van der Waals surface area (Å²) in [6, 6.07) is 3.62. The number of hydrogen-bond donors (Lipinski definition) is 2. The first-order valence-electron chi connectivity index (χ1n) is 4.68. The van der Waals surface area contributed by atoms with Gasteiger partial charge in [0.1, 0.15) is 11.5 Å². The predicted molar refractivity (Wildman–Crippen MR) is 53.7 cm³/mol. The Bertz CT molecular complexity index is 357. The summed E-state index contributed by atoms with van der Waals surface area (Å²) in [6.45, 7) is 2.17. The molecule has 0 saturated carbocycles. The fourth-order valence-electron chi connectivity index (χ4n) is 1.09. The number of aryl methyl sites for hydroxylation is 1. The first-order chi connectivity index (χ1) is 7.08. The van der Waals surface area contributed by atoms with Gasteiger partial charge in [0, 0.05) is 12.8 Å². The molecule has 0 atom stereocenters. The Kier molecular flexibility index (Phi) is 3.91. The summed E-state index contributed by atoms with van der Waals surface area (Å²) in [6.07, 6.45) is 0.192. The number of carbonyl (C=O) groups is 2. The van der Waals surface area contributed by atoms with E-state index in [-0.39, 0.29) is 18.7 Å². The molecule has 0 unspecified atom stereocenters. The van der Waals surface area contributed by atoms with Crippen LogP contribution in [-0.2, 0) is 16.1 Å². The van der Waals surface area contributed by atoms with Crippen LogP contribution >= 0.6 is 0 Å². The molecule has 1 aromatic rings.